The second-order valence-corrected chi connectivity index (χ2v) is 5.22. The minimum Gasteiger partial charge on any atom is -0.361 e. The number of H-pyrrole nitrogens is 1. The predicted molar refractivity (Wildman–Crippen MR) is 71.7 cm³/mol. The summed E-state index contributed by atoms with van der Waals surface area (Å²) in [6.45, 7) is 3.89. The van der Waals surface area contributed by atoms with Gasteiger partial charge in [0.15, 0.2) is 0 Å². The van der Waals surface area contributed by atoms with Gasteiger partial charge in [-0.25, -0.2) is 0 Å². The number of amides is 1. The second kappa shape index (κ2) is 4.14. The van der Waals surface area contributed by atoms with Crippen molar-refractivity contribution in [1.82, 2.24) is 15.6 Å². The molecule has 1 aromatic carbocycles. The van der Waals surface area contributed by atoms with Crippen molar-refractivity contribution >= 4 is 16.8 Å². The quantitative estimate of drug-likeness (QED) is 0.751. The van der Waals surface area contributed by atoms with Crippen LogP contribution >= 0.6 is 0 Å². The number of carbonyl (C=O) groups excluding carboxylic acids is 1. The van der Waals surface area contributed by atoms with Crippen LogP contribution in [0.3, 0.4) is 0 Å². The Bertz CT molecular complexity index is 581. The van der Waals surface area contributed by atoms with Gasteiger partial charge < -0.3 is 15.6 Å². The summed E-state index contributed by atoms with van der Waals surface area (Å²) in [5.74, 6) is 0.00398. The summed E-state index contributed by atoms with van der Waals surface area (Å²) in [5.41, 5.74) is 1.65. The first-order valence-corrected chi connectivity index (χ1v) is 6.27. The molecule has 0 saturated carbocycles. The molecule has 1 saturated heterocycles. The van der Waals surface area contributed by atoms with Gasteiger partial charge in [0, 0.05) is 29.2 Å². The van der Waals surface area contributed by atoms with Gasteiger partial charge in [0.25, 0.3) is 5.91 Å². The van der Waals surface area contributed by atoms with Crippen LogP contribution in [0, 0.1) is 0 Å². The lowest BCUT2D eigenvalue weighted by Gasteiger charge is -2.24. The Morgan fingerprint density at radius 2 is 2.28 bits per heavy atom. The van der Waals surface area contributed by atoms with Crippen molar-refractivity contribution in [2.75, 3.05) is 13.1 Å². The molecular weight excluding hydrogens is 226 g/mol. The van der Waals surface area contributed by atoms with E-state index < -0.39 is 0 Å². The fourth-order valence-electron chi connectivity index (χ4n) is 2.46. The summed E-state index contributed by atoms with van der Waals surface area (Å²) in [5, 5.41) is 7.46. The zero-order valence-corrected chi connectivity index (χ0v) is 10.4. The molecule has 1 unspecified atom stereocenters. The number of hydrogen-bond donors (Lipinski definition) is 3. The van der Waals surface area contributed by atoms with E-state index in [2.05, 4.69) is 22.5 Å². The number of carbonyl (C=O) groups is 1. The first kappa shape index (κ1) is 11.3. The zero-order chi connectivity index (χ0) is 12.6. The van der Waals surface area contributed by atoms with E-state index >= 15 is 0 Å². The minimum absolute atomic E-state index is 0.00398. The monoisotopic (exact) mass is 243 g/mol. The molecule has 1 amide bonds. The largest absolute Gasteiger partial charge is 0.361 e. The molecule has 18 heavy (non-hydrogen) atoms. The molecule has 0 bridgehead atoms. The fraction of sp³-hybridized carbons (Fsp3) is 0.357. The zero-order valence-electron chi connectivity index (χ0n) is 10.4. The van der Waals surface area contributed by atoms with Crippen molar-refractivity contribution < 1.29 is 4.79 Å². The van der Waals surface area contributed by atoms with Crippen molar-refractivity contribution in [2.45, 2.75) is 18.9 Å². The van der Waals surface area contributed by atoms with E-state index in [1.165, 1.54) is 0 Å². The molecule has 3 rings (SSSR count). The van der Waals surface area contributed by atoms with Crippen molar-refractivity contribution in [2.24, 2.45) is 0 Å². The number of aromatic nitrogens is 1. The van der Waals surface area contributed by atoms with Gasteiger partial charge in [-0.2, -0.15) is 0 Å². The fourth-order valence-corrected chi connectivity index (χ4v) is 2.46. The molecule has 3 N–H and O–H groups in total. The summed E-state index contributed by atoms with van der Waals surface area (Å²) < 4.78 is 0. The molecule has 1 atom stereocenters. The van der Waals surface area contributed by atoms with Crippen LogP contribution in [0.1, 0.15) is 23.7 Å². The van der Waals surface area contributed by atoms with Gasteiger partial charge >= 0.3 is 0 Å². The van der Waals surface area contributed by atoms with Gasteiger partial charge in [-0.3, -0.25) is 4.79 Å². The van der Waals surface area contributed by atoms with Crippen LogP contribution in [0.25, 0.3) is 10.9 Å². The summed E-state index contributed by atoms with van der Waals surface area (Å²) in [6.07, 6.45) is 2.86. The Morgan fingerprint density at radius 3 is 3.06 bits per heavy atom. The van der Waals surface area contributed by atoms with E-state index in [1.807, 2.05) is 30.5 Å². The number of benzene rings is 1. The number of nitrogens with one attached hydrogen (secondary N) is 3. The molecule has 94 valence electrons. The Labute approximate surface area is 106 Å². The Morgan fingerprint density at radius 1 is 1.39 bits per heavy atom. The Kier molecular flexibility index (Phi) is 2.59. The number of fused-ring (bicyclic) bond motifs is 1. The predicted octanol–water partition coefficient (Wildman–Crippen LogP) is 1.65. The lowest BCUT2D eigenvalue weighted by Crippen LogP contribution is -2.47. The summed E-state index contributed by atoms with van der Waals surface area (Å²) in [4.78, 5) is 15.3. The third-order valence-electron chi connectivity index (χ3n) is 3.60. The molecule has 1 aromatic heterocycles. The van der Waals surface area contributed by atoms with E-state index in [0.29, 0.717) is 0 Å². The van der Waals surface area contributed by atoms with Gasteiger partial charge in [0.05, 0.1) is 5.54 Å². The van der Waals surface area contributed by atoms with E-state index in [4.69, 9.17) is 0 Å². The van der Waals surface area contributed by atoms with Gasteiger partial charge in [-0.1, -0.05) is 0 Å². The highest BCUT2D eigenvalue weighted by Crippen LogP contribution is 2.17. The first-order chi connectivity index (χ1) is 8.66. The SMILES string of the molecule is CC1(NC(=O)c2ccc3[nH]ccc3c2)CCNC1. The van der Waals surface area contributed by atoms with Gasteiger partial charge in [0.2, 0.25) is 0 Å². The van der Waals surface area contributed by atoms with Gasteiger partial charge in [-0.15, -0.1) is 0 Å². The molecule has 1 aliphatic heterocycles. The average molecular weight is 243 g/mol. The summed E-state index contributed by atoms with van der Waals surface area (Å²) in [7, 11) is 0. The lowest BCUT2D eigenvalue weighted by molar-refractivity contribution is 0.0913. The normalized spacial score (nSPS) is 23.4. The van der Waals surface area contributed by atoms with Crippen LogP contribution in [-0.2, 0) is 0 Å². The maximum atomic E-state index is 12.2. The second-order valence-electron chi connectivity index (χ2n) is 5.22. The van der Waals surface area contributed by atoms with Crippen molar-refractivity contribution in [1.29, 1.82) is 0 Å². The van der Waals surface area contributed by atoms with E-state index in [0.717, 1.165) is 36.0 Å². The van der Waals surface area contributed by atoms with E-state index in [1.54, 1.807) is 0 Å². The smallest absolute Gasteiger partial charge is 0.251 e. The molecule has 2 heterocycles. The molecule has 2 aromatic rings. The Balaban J connectivity index is 1.82. The number of rotatable bonds is 2. The highest BCUT2D eigenvalue weighted by Gasteiger charge is 2.30. The van der Waals surface area contributed by atoms with Crippen molar-refractivity contribution in [3.05, 3.63) is 36.0 Å². The van der Waals surface area contributed by atoms with Crippen molar-refractivity contribution in [3.8, 4) is 0 Å². The maximum absolute atomic E-state index is 12.2. The van der Waals surface area contributed by atoms with E-state index in [9.17, 15) is 4.79 Å². The molecule has 4 nitrogen and oxygen atoms in total. The standard InChI is InChI=1S/C14H17N3O/c1-14(5-7-15-9-14)17-13(18)11-2-3-12-10(8-11)4-6-16-12/h2-4,6,8,15-16H,5,7,9H2,1H3,(H,17,18). The average Bonchev–Trinajstić information content (AvgIpc) is 2.96. The molecular formula is C14H17N3O. The maximum Gasteiger partial charge on any atom is 0.251 e. The molecule has 1 aliphatic rings. The minimum atomic E-state index is -0.121. The topological polar surface area (TPSA) is 56.9 Å². The number of hydrogen-bond acceptors (Lipinski definition) is 2. The van der Waals surface area contributed by atoms with Crippen LogP contribution in [0.5, 0.6) is 0 Å². The van der Waals surface area contributed by atoms with Crippen LogP contribution < -0.4 is 10.6 Å². The van der Waals surface area contributed by atoms with Crippen LogP contribution in [0.2, 0.25) is 0 Å². The third-order valence-corrected chi connectivity index (χ3v) is 3.60. The highest BCUT2D eigenvalue weighted by molar-refractivity contribution is 5.98. The van der Waals surface area contributed by atoms with Gasteiger partial charge in [-0.05, 0) is 44.2 Å². The Hall–Kier alpha value is -1.81. The van der Waals surface area contributed by atoms with Crippen LogP contribution in [0.4, 0.5) is 0 Å². The lowest BCUT2D eigenvalue weighted by atomic mass is 10.0. The molecule has 0 radical (unpaired) electrons. The molecule has 1 fully saturated rings. The molecule has 0 spiro atoms. The highest BCUT2D eigenvalue weighted by atomic mass is 16.1. The van der Waals surface area contributed by atoms with Gasteiger partial charge in [0.1, 0.15) is 0 Å². The van der Waals surface area contributed by atoms with Crippen molar-refractivity contribution in [3.63, 3.8) is 0 Å². The summed E-state index contributed by atoms with van der Waals surface area (Å²) >= 11 is 0. The third kappa shape index (κ3) is 1.99. The van der Waals surface area contributed by atoms with Crippen LogP contribution in [0.15, 0.2) is 30.5 Å². The molecule has 4 heteroatoms. The summed E-state index contributed by atoms with van der Waals surface area (Å²) in [6, 6.07) is 7.71. The molecule has 0 aliphatic carbocycles. The number of aromatic amines is 1. The van der Waals surface area contributed by atoms with Crippen LogP contribution in [-0.4, -0.2) is 29.5 Å². The van der Waals surface area contributed by atoms with E-state index in [-0.39, 0.29) is 11.4 Å². The first-order valence-electron chi connectivity index (χ1n) is 6.27.